The molecule has 0 aromatic carbocycles. The molecule has 0 saturated carbocycles. The summed E-state index contributed by atoms with van der Waals surface area (Å²) in [6.07, 6.45) is 0. The summed E-state index contributed by atoms with van der Waals surface area (Å²) in [5.41, 5.74) is 0. The van der Waals surface area contributed by atoms with Crippen LogP contribution in [0.25, 0.3) is 0 Å². The third-order valence-electron chi connectivity index (χ3n) is 0. The predicted octanol–water partition coefficient (Wildman–Crippen LogP) is -3.52. The second kappa shape index (κ2) is 148. The van der Waals surface area contributed by atoms with Crippen molar-refractivity contribution in [2.75, 3.05) is 0 Å². The zero-order valence-electron chi connectivity index (χ0n) is 3.02. The van der Waals surface area contributed by atoms with Crippen LogP contribution in [0.3, 0.4) is 0 Å². The molecule has 0 heterocycles. The van der Waals surface area contributed by atoms with Crippen molar-refractivity contribution >= 4 is 20.9 Å². The summed E-state index contributed by atoms with van der Waals surface area (Å²) in [5.74, 6) is 0. The smallest absolute Gasteiger partial charge is 0.141 e. The molecule has 0 aliphatic rings. The lowest BCUT2D eigenvalue weighted by molar-refractivity contribution is 0.629. The van der Waals surface area contributed by atoms with E-state index < -0.39 is 0 Å². The zero-order valence-corrected chi connectivity index (χ0v) is 7.02. The first-order valence-electron chi connectivity index (χ1n) is 1.02. The van der Waals surface area contributed by atoms with E-state index in [1.807, 2.05) is 0 Å². The lowest BCUT2D eigenvalue weighted by Crippen LogP contribution is -1.75. The van der Waals surface area contributed by atoms with Crippen molar-refractivity contribution in [2.45, 2.75) is 0 Å². The SMILES string of the molecule is N[SiH3].O[SiH3]. The van der Waals surface area contributed by atoms with Gasteiger partial charge in [-0.05, 0) is 0 Å². The Bertz CT molecular complexity index is 6.00. The number of hydrogen-bond acceptors (Lipinski definition) is 2. The van der Waals surface area contributed by atoms with Gasteiger partial charge in [-0.25, -0.2) is 0 Å². The van der Waals surface area contributed by atoms with E-state index in [9.17, 15) is 0 Å². The normalized spacial score (nSPS) is 4.50. The van der Waals surface area contributed by atoms with Crippen molar-refractivity contribution in [2.24, 2.45) is 5.40 Å². The van der Waals surface area contributed by atoms with E-state index in [1.54, 1.807) is 0 Å². The highest BCUT2D eigenvalue weighted by Crippen LogP contribution is 0.666. The summed E-state index contributed by atoms with van der Waals surface area (Å²) < 4.78 is 0. The van der Waals surface area contributed by atoms with Crippen molar-refractivity contribution < 1.29 is 4.80 Å². The Morgan fingerprint density at radius 3 is 1.25 bits per heavy atom. The van der Waals surface area contributed by atoms with Crippen molar-refractivity contribution in [3.63, 3.8) is 0 Å². The fraction of sp³-hybridized carbons (Fsp3) is 0. The number of nitrogens with two attached hydrogens (primary N) is 1. The largest absolute Gasteiger partial charge is 0.442 e. The van der Waals surface area contributed by atoms with Gasteiger partial charge in [-0.1, -0.05) is 0 Å². The molecule has 0 rings (SSSR count). The van der Waals surface area contributed by atoms with E-state index >= 15 is 0 Å². The summed E-state index contributed by atoms with van der Waals surface area (Å²) in [4.78, 5) is 7.14. The van der Waals surface area contributed by atoms with Crippen LogP contribution in [0.5, 0.6) is 0 Å². The molecule has 0 unspecified atom stereocenters. The summed E-state index contributed by atoms with van der Waals surface area (Å²) in [6, 6.07) is 0. The van der Waals surface area contributed by atoms with Crippen LogP contribution in [-0.4, -0.2) is 25.7 Å². The van der Waals surface area contributed by atoms with Gasteiger partial charge in [0.05, 0.1) is 10.4 Å². The highest BCUT2D eigenvalue weighted by Gasteiger charge is 0.891. The Hall–Kier alpha value is 0.354. The molecule has 0 amide bonds. The molecule has 0 radical (unpaired) electrons. The minimum absolute atomic E-state index is 0.306. The maximum absolute atomic E-state index is 7.14. The van der Waals surface area contributed by atoms with Crippen LogP contribution < -0.4 is 5.40 Å². The van der Waals surface area contributed by atoms with E-state index in [-0.39, 0.29) is 0 Å². The standard InChI is InChI=1S/H5NSi.H4OSi/c2*1-2/h1H2,2H3;1H,2H3. The second-order valence-corrected chi connectivity index (χ2v) is 0. The Morgan fingerprint density at radius 2 is 1.25 bits per heavy atom. The molecule has 0 atom stereocenters. The molecule has 0 aliphatic carbocycles. The third-order valence-corrected chi connectivity index (χ3v) is 0. The number of hydrogen-bond donors (Lipinski definition) is 2. The van der Waals surface area contributed by atoms with E-state index in [0.29, 0.717) is 10.5 Å². The lowest BCUT2D eigenvalue weighted by atomic mass is 13.9. The molecule has 0 aromatic heterocycles. The van der Waals surface area contributed by atoms with Gasteiger partial charge in [0.25, 0.3) is 0 Å². The zero-order chi connectivity index (χ0) is 4.00. The predicted molar refractivity (Wildman–Crippen MR) is 26.3 cm³/mol. The minimum atomic E-state index is 0.306. The van der Waals surface area contributed by atoms with Gasteiger partial charge in [0, 0.05) is 0 Å². The molecule has 0 fully saturated rings. The fourth-order valence-electron chi connectivity index (χ4n) is 0. The molecule has 0 aromatic rings. The second-order valence-electron chi connectivity index (χ2n) is 0. The van der Waals surface area contributed by atoms with Gasteiger partial charge in [-0.15, -0.1) is 0 Å². The van der Waals surface area contributed by atoms with E-state index in [2.05, 4.69) is 5.40 Å². The monoisotopic (exact) mass is 95.0 g/mol. The Labute approximate surface area is 32.1 Å². The van der Waals surface area contributed by atoms with E-state index in [0.717, 1.165) is 10.4 Å². The quantitative estimate of drug-likeness (QED) is 0.306. The van der Waals surface area contributed by atoms with Crippen molar-refractivity contribution in [1.29, 1.82) is 0 Å². The van der Waals surface area contributed by atoms with Crippen LogP contribution in [0.4, 0.5) is 0 Å². The van der Waals surface area contributed by atoms with Gasteiger partial charge in [-0.2, -0.15) is 0 Å². The lowest BCUT2D eigenvalue weighted by Gasteiger charge is -1.19. The Balaban J connectivity index is 0. The van der Waals surface area contributed by atoms with Gasteiger partial charge < -0.3 is 10.2 Å². The van der Waals surface area contributed by atoms with Gasteiger partial charge >= 0.3 is 0 Å². The van der Waals surface area contributed by atoms with Gasteiger partial charge in [0.15, 0.2) is 0 Å². The topological polar surface area (TPSA) is 46.2 Å². The molecule has 4 heavy (non-hydrogen) atoms. The Morgan fingerprint density at radius 1 is 1.25 bits per heavy atom. The first kappa shape index (κ1) is 8.84. The molecular formula is H9NOSi2. The Kier molecular flexibility index (Phi) is 328. The van der Waals surface area contributed by atoms with Crippen molar-refractivity contribution in [1.82, 2.24) is 0 Å². The fourth-order valence-corrected chi connectivity index (χ4v) is 0. The van der Waals surface area contributed by atoms with Crippen molar-refractivity contribution in [3.8, 4) is 0 Å². The summed E-state index contributed by atoms with van der Waals surface area (Å²) in [7, 11) is 1.11. The molecule has 0 saturated heterocycles. The van der Waals surface area contributed by atoms with Crippen LogP contribution in [0.1, 0.15) is 0 Å². The molecule has 28 valence electrons. The van der Waals surface area contributed by atoms with Crippen LogP contribution in [-0.2, 0) is 0 Å². The number of rotatable bonds is 0. The molecule has 0 spiro atoms. The highest BCUT2D eigenvalue weighted by atomic mass is 28.2. The molecule has 3 N–H and O–H groups in total. The first-order valence-corrected chi connectivity index (χ1v) is 3.07. The molecule has 2 nitrogen and oxygen atoms in total. The van der Waals surface area contributed by atoms with Crippen LogP contribution >= 0.6 is 0 Å². The van der Waals surface area contributed by atoms with Crippen LogP contribution in [0, 0.1) is 0 Å². The maximum Gasteiger partial charge on any atom is 0.141 e. The van der Waals surface area contributed by atoms with E-state index in [4.69, 9.17) is 4.80 Å². The molecular weight excluding hydrogens is 86.2 g/mol. The van der Waals surface area contributed by atoms with Crippen LogP contribution in [0.2, 0.25) is 0 Å². The van der Waals surface area contributed by atoms with Crippen molar-refractivity contribution in [3.05, 3.63) is 0 Å². The van der Waals surface area contributed by atoms with Gasteiger partial charge in [0.1, 0.15) is 10.5 Å². The average Bonchev–Trinajstić information content (AvgIpc) is 1.50. The van der Waals surface area contributed by atoms with Crippen LogP contribution in [0.15, 0.2) is 0 Å². The summed E-state index contributed by atoms with van der Waals surface area (Å²) in [5, 5.41) is 4.64. The van der Waals surface area contributed by atoms with E-state index in [1.165, 1.54) is 0 Å². The summed E-state index contributed by atoms with van der Waals surface area (Å²) >= 11 is 0. The molecule has 0 aliphatic heterocycles. The minimum Gasteiger partial charge on any atom is -0.442 e. The molecule has 4 heteroatoms. The molecule has 0 bridgehead atoms. The first-order chi connectivity index (χ1) is 2.00. The average molecular weight is 95.2 g/mol. The highest BCUT2D eigenvalue weighted by molar-refractivity contribution is 6.02. The maximum atomic E-state index is 7.14. The summed E-state index contributed by atoms with van der Waals surface area (Å²) in [6.45, 7) is 0. The third kappa shape index (κ3) is 34.5. The van der Waals surface area contributed by atoms with Gasteiger partial charge in [-0.3, -0.25) is 0 Å². The van der Waals surface area contributed by atoms with Gasteiger partial charge in [0.2, 0.25) is 0 Å².